The van der Waals surface area contributed by atoms with Gasteiger partial charge >= 0.3 is 10.2 Å². The Labute approximate surface area is 100 Å². The summed E-state index contributed by atoms with van der Waals surface area (Å²) in [4.78, 5) is 0. The molecule has 0 bridgehead atoms. The summed E-state index contributed by atoms with van der Waals surface area (Å²) in [6.45, 7) is 2.82. The monoisotopic (exact) mass is 260 g/mol. The van der Waals surface area contributed by atoms with Gasteiger partial charge in [0, 0.05) is 18.1 Å². The molecule has 6 heteroatoms. The third-order valence-corrected chi connectivity index (χ3v) is 4.56. The van der Waals surface area contributed by atoms with E-state index < -0.39 is 10.2 Å². The second kappa shape index (κ2) is 4.24. The van der Waals surface area contributed by atoms with E-state index in [0.717, 1.165) is 12.0 Å². The number of nitrogens with zero attached hydrogens (tertiary/aromatic N) is 1. The van der Waals surface area contributed by atoms with Crippen molar-refractivity contribution in [2.75, 3.05) is 17.4 Å². The van der Waals surface area contributed by atoms with Gasteiger partial charge in [0.1, 0.15) is 0 Å². The molecular weight excluding hydrogens is 248 g/mol. The maximum Gasteiger partial charge on any atom is 0.301 e. The topological polar surface area (TPSA) is 49.4 Å². The Morgan fingerprint density at radius 2 is 2.19 bits per heavy atom. The molecule has 16 heavy (non-hydrogen) atoms. The maximum atomic E-state index is 11.8. The Bertz CT molecular complexity index is 502. The molecule has 88 valence electrons. The normalized spacial score (nSPS) is 19.8. The second-order valence-corrected chi connectivity index (χ2v) is 5.80. The van der Waals surface area contributed by atoms with Gasteiger partial charge in [-0.15, -0.1) is 0 Å². The molecule has 0 atom stereocenters. The quantitative estimate of drug-likeness (QED) is 0.836. The van der Waals surface area contributed by atoms with Crippen LogP contribution in [0, 0.1) is 6.92 Å². The molecule has 1 N–H and O–H groups in total. The van der Waals surface area contributed by atoms with Crippen LogP contribution in [0.25, 0.3) is 0 Å². The van der Waals surface area contributed by atoms with Gasteiger partial charge < -0.3 is 0 Å². The first kappa shape index (κ1) is 11.7. The summed E-state index contributed by atoms with van der Waals surface area (Å²) in [6, 6.07) is 5.28. The molecule has 0 radical (unpaired) electrons. The van der Waals surface area contributed by atoms with Crippen LogP contribution >= 0.6 is 11.6 Å². The van der Waals surface area contributed by atoms with Crippen molar-refractivity contribution >= 4 is 27.5 Å². The summed E-state index contributed by atoms with van der Waals surface area (Å²) in [7, 11) is -3.39. The fraction of sp³-hybridized carbons (Fsp3) is 0.400. The first-order valence-electron chi connectivity index (χ1n) is 5.05. The Kier molecular flexibility index (Phi) is 3.10. The van der Waals surface area contributed by atoms with Crippen LogP contribution in [0.3, 0.4) is 0 Å². The summed E-state index contributed by atoms with van der Waals surface area (Å²) in [5.41, 5.74) is 1.44. The Morgan fingerprint density at radius 1 is 1.44 bits per heavy atom. The average Bonchev–Trinajstić information content (AvgIpc) is 2.22. The van der Waals surface area contributed by atoms with E-state index in [2.05, 4.69) is 4.72 Å². The van der Waals surface area contributed by atoms with Crippen LogP contribution in [0.1, 0.15) is 12.0 Å². The standard InChI is InChI=1S/C10H13ClN2O2S/c1-8-9(11)4-2-5-10(8)13-7-3-6-12-16(13,14)15/h2,4-5,12H,3,6-7H2,1H3. The molecular formula is C10H13ClN2O2S. The minimum absolute atomic E-state index is 0.497. The lowest BCUT2D eigenvalue weighted by molar-refractivity contribution is 0.560. The molecule has 0 unspecified atom stereocenters. The fourth-order valence-electron chi connectivity index (χ4n) is 1.74. The van der Waals surface area contributed by atoms with Crippen molar-refractivity contribution in [1.29, 1.82) is 0 Å². The predicted octanol–water partition coefficient (Wildman–Crippen LogP) is 1.69. The van der Waals surface area contributed by atoms with Gasteiger partial charge in [0.05, 0.1) is 5.69 Å². The number of halogens is 1. The molecule has 1 aliphatic rings. The van der Waals surface area contributed by atoms with Crippen molar-refractivity contribution in [2.24, 2.45) is 0 Å². The summed E-state index contributed by atoms with van der Waals surface area (Å²) >= 11 is 5.98. The van der Waals surface area contributed by atoms with Crippen molar-refractivity contribution in [3.63, 3.8) is 0 Å². The third kappa shape index (κ3) is 2.03. The van der Waals surface area contributed by atoms with Gasteiger partial charge in [-0.05, 0) is 31.0 Å². The lowest BCUT2D eigenvalue weighted by atomic mass is 10.2. The average molecular weight is 261 g/mol. The SMILES string of the molecule is Cc1c(Cl)cccc1N1CCCNS1(=O)=O. The number of nitrogens with one attached hydrogen (secondary N) is 1. The van der Waals surface area contributed by atoms with Crippen molar-refractivity contribution in [3.05, 3.63) is 28.8 Å². The first-order valence-corrected chi connectivity index (χ1v) is 6.86. The van der Waals surface area contributed by atoms with Gasteiger partial charge in [0.25, 0.3) is 0 Å². The molecule has 0 spiro atoms. The van der Waals surface area contributed by atoms with Crippen LogP contribution in [0.5, 0.6) is 0 Å². The summed E-state index contributed by atoms with van der Waals surface area (Å²) in [6.07, 6.45) is 0.797. The number of anilines is 1. The minimum atomic E-state index is -3.39. The summed E-state index contributed by atoms with van der Waals surface area (Å²) < 4.78 is 27.5. The zero-order valence-corrected chi connectivity index (χ0v) is 10.5. The van der Waals surface area contributed by atoms with Crippen LogP contribution in [-0.4, -0.2) is 21.5 Å². The number of hydrogen-bond acceptors (Lipinski definition) is 2. The van der Waals surface area contributed by atoms with Crippen molar-refractivity contribution in [1.82, 2.24) is 4.72 Å². The van der Waals surface area contributed by atoms with E-state index in [1.807, 2.05) is 6.92 Å². The van der Waals surface area contributed by atoms with Crippen LogP contribution < -0.4 is 9.03 Å². The highest BCUT2D eigenvalue weighted by Gasteiger charge is 2.26. The Balaban J connectivity index is 2.47. The number of rotatable bonds is 1. The third-order valence-electron chi connectivity index (χ3n) is 2.62. The van der Waals surface area contributed by atoms with Crippen molar-refractivity contribution < 1.29 is 8.42 Å². The zero-order chi connectivity index (χ0) is 11.8. The van der Waals surface area contributed by atoms with Gasteiger partial charge in [-0.25, -0.2) is 0 Å². The van der Waals surface area contributed by atoms with Crippen LogP contribution in [-0.2, 0) is 10.2 Å². The lowest BCUT2D eigenvalue weighted by Crippen LogP contribution is -2.47. The highest BCUT2D eigenvalue weighted by molar-refractivity contribution is 7.90. The molecule has 1 aromatic rings. The van der Waals surface area contributed by atoms with Crippen molar-refractivity contribution in [2.45, 2.75) is 13.3 Å². The molecule has 1 heterocycles. The van der Waals surface area contributed by atoms with Gasteiger partial charge in [-0.1, -0.05) is 17.7 Å². The minimum Gasteiger partial charge on any atom is -0.257 e. The Hall–Kier alpha value is -0.780. The lowest BCUT2D eigenvalue weighted by Gasteiger charge is -2.29. The molecule has 0 aromatic heterocycles. The highest BCUT2D eigenvalue weighted by atomic mass is 35.5. The highest BCUT2D eigenvalue weighted by Crippen LogP contribution is 2.28. The molecule has 0 amide bonds. The molecule has 1 saturated heterocycles. The van der Waals surface area contributed by atoms with Crippen LogP contribution in [0.15, 0.2) is 18.2 Å². The number of benzene rings is 1. The maximum absolute atomic E-state index is 11.8. The van der Waals surface area contributed by atoms with Gasteiger partial charge in [-0.2, -0.15) is 13.1 Å². The summed E-state index contributed by atoms with van der Waals surface area (Å²) in [5.74, 6) is 0. The predicted molar refractivity (Wildman–Crippen MR) is 65.1 cm³/mol. The number of hydrogen-bond donors (Lipinski definition) is 1. The summed E-state index contributed by atoms with van der Waals surface area (Å²) in [5, 5.41) is 0.582. The van der Waals surface area contributed by atoms with Crippen LogP contribution in [0.2, 0.25) is 5.02 Å². The van der Waals surface area contributed by atoms with E-state index in [-0.39, 0.29) is 0 Å². The smallest absolute Gasteiger partial charge is 0.257 e. The van der Waals surface area contributed by atoms with Gasteiger partial charge in [-0.3, -0.25) is 4.31 Å². The van der Waals surface area contributed by atoms with E-state index in [4.69, 9.17) is 11.6 Å². The van der Waals surface area contributed by atoms with Gasteiger partial charge in [0.15, 0.2) is 0 Å². The van der Waals surface area contributed by atoms with E-state index in [1.54, 1.807) is 18.2 Å². The zero-order valence-electron chi connectivity index (χ0n) is 8.90. The van der Waals surface area contributed by atoms with E-state index in [9.17, 15) is 8.42 Å². The fourth-order valence-corrected chi connectivity index (χ4v) is 3.29. The van der Waals surface area contributed by atoms with E-state index in [0.29, 0.717) is 23.8 Å². The molecule has 0 aliphatic carbocycles. The van der Waals surface area contributed by atoms with Crippen LogP contribution in [0.4, 0.5) is 5.69 Å². The molecule has 1 aliphatic heterocycles. The van der Waals surface area contributed by atoms with Gasteiger partial charge in [0.2, 0.25) is 0 Å². The molecule has 4 nitrogen and oxygen atoms in total. The second-order valence-electron chi connectivity index (χ2n) is 3.71. The van der Waals surface area contributed by atoms with E-state index >= 15 is 0 Å². The Morgan fingerprint density at radius 3 is 2.88 bits per heavy atom. The largest absolute Gasteiger partial charge is 0.301 e. The molecule has 0 saturated carbocycles. The molecule has 1 fully saturated rings. The van der Waals surface area contributed by atoms with Crippen molar-refractivity contribution in [3.8, 4) is 0 Å². The van der Waals surface area contributed by atoms with E-state index in [1.165, 1.54) is 4.31 Å². The molecule has 2 rings (SSSR count). The molecule has 1 aromatic carbocycles. The first-order chi connectivity index (χ1) is 7.52.